The number of hydrogen-bond acceptors (Lipinski definition) is 1. The lowest BCUT2D eigenvalue weighted by atomic mass is 10.0. The van der Waals surface area contributed by atoms with Crippen LogP contribution in [0, 0.1) is 5.92 Å². The van der Waals surface area contributed by atoms with Crippen LogP contribution >= 0.6 is 0 Å². The van der Waals surface area contributed by atoms with Crippen molar-refractivity contribution in [2.45, 2.75) is 25.7 Å². The largest absolute Gasteiger partial charge is 0.330 e. The summed E-state index contributed by atoms with van der Waals surface area (Å²) in [4.78, 5) is 0. The zero-order valence-electron chi connectivity index (χ0n) is 6.55. The van der Waals surface area contributed by atoms with Crippen molar-refractivity contribution < 1.29 is 0 Å². The van der Waals surface area contributed by atoms with Crippen molar-refractivity contribution in [2.75, 3.05) is 19.6 Å². The molecule has 1 aliphatic rings. The van der Waals surface area contributed by atoms with Gasteiger partial charge in [-0.15, -0.1) is 0 Å². The summed E-state index contributed by atoms with van der Waals surface area (Å²) in [5.74, 6) is 0.895. The Morgan fingerprint density at radius 2 is 2.30 bits per heavy atom. The van der Waals surface area contributed by atoms with Gasteiger partial charge in [0.25, 0.3) is 0 Å². The molecule has 0 aromatic heterocycles. The molecular weight excluding hydrogens is 124 g/mol. The SMILES string of the molecule is NCCCCC1CC[N]C1. The normalized spacial score (nSPS) is 25.5. The molecule has 1 fully saturated rings. The Hall–Kier alpha value is -0.0800. The maximum Gasteiger partial charge on any atom is 0.0162 e. The van der Waals surface area contributed by atoms with Crippen LogP contribution in [0.4, 0.5) is 0 Å². The van der Waals surface area contributed by atoms with Crippen LogP contribution in [0.25, 0.3) is 0 Å². The first-order chi connectivity index (χ1) is 4.93. The Bertz CT molecular complexity index is 77.3. The molecule has 0 bridgehead atoms. The number of hydrogen-bond donors (Lipinski definition) is 1. The maximum atomic E-state index is 5.39. The lowest BCUT2D eigenvalue weighted by Gasteiger charge is -2.05. The zero-order chi connectivity index (χ0) is 7.23. The summed E-state index contributed by atoms with van der Waals surface area (Å²) in [7, 11) is 0. The van der Waals surface area contributed by atoms with Crippen molar-refractivity contribution >= 4 is 0 Å². The molecule has 0 aliphatic carbocycles. The Balaban J connectivity index is 1.91. The molecule has 0 aromatic rings. The van der Waals surface area contributed by atoms with E-state index < -0.39 is 0 Å². The quantitative estimate of drug-likeness (QED) is 0.576. The van der Waals surface area contributed by atoms with Crippen LogP contribution in [-0.2, 0) is 0 Å². The third-order valence-corrected chi connectivity index (χ3v) is 2.15. The van der Waals surface area contributed by atoms with Crippen molar-refractivity contribution in [1.82, 2.24) is 5.32 Å². The summed E-state index contributed by atoms with van der Waals surface area (Å²) in [5, 5.41) is 4.31. The fourth-order valence-corrected chi connectivity index (χ4v) is 1.45. The highest BCUT2D eigenvalue weighted by Crippen LogP contribution is 2.15. The van der Waals surface area contributed by atoms with Crippen molar-refractivity contribution in [3.8, 4) is 0 Å². The average molecular weight is 141 g/mol. The molecule has 0 saturated carbocycles. The number of unbranched alkanes of at least 4 members (excludes halogenated alkanes) is 1. The van der Waals surface area contributed by atoms with E-state index >= 15 is 0 Å². The summed E-state index contributed by atoms with van der Waals surface area (Å²) in [5.41, 5.74) is 5.39. The second-order valence-corrected chi connectivity index (χ2v) is 3.07. The van der Waals surface area contributed by atoms with Gasteiger partial charge in [-0.2, -0.15) is 0 Å². The number of nitrogens with two attached hydrogens (primary N) is 1. The maximum absolute atomic E-state index is 5.39. The van der Waals surface area contributed by atoms with E-state index in [0.717, 1.165) is 25.6 Å². The van der Waals surface area contributed by atoms with E-state index in [1.54, 1.807) is 0 Å². The van der Waals surface area contributed by atoms with Crippen LogP contribution in [0.1, 0.15) is 25.7 Å². The summed E-state index contributed by atoms with van der Waals surface area (Å²) in [6.07, 6.45) is 5.17. The van der Waals surface area contributed by atoms with Gasteiger partial charge < -0.3 is 5.73 Å². The second-order valence-electron chi connectivity index (χ2n) is 3.07. The van der Waals surface area contributed by atoms with E-state index in [1.165, 1.54) is 25.7 Å². The first-order valence-electron chi connectivity index (χ1n) is 4.27. The molecule has 1 atom stereocenters. The molecule has 59 valence electrons. The third kappa shape index (κ3) is 2.67. The second kappa shape index (κ2) is 4.69. The van der Waals surface area contributed by atoms with E-state index in [4.69, 9.17) is 5.73 Å². The summed E-state index contributed by atoms with van der Waals surface area (Å²) in [6.45, 7) is 3.07. The van der Waals surface area contributed by atoms with Gasteiger partial charge in [0, 0.05) is 13.1 Å². The van der Waals surface area contributed by atoms with E-state index in [1.807, 2.05) is 0 Å². The van der Waals surface area contributed by atoms with E-state index in [0.29, 0.717) is 0 Å². The summed E-state index contributed by atoms with van der Waals surface area (Å²) in [6, 6.07) is 0. The van der Waals surface area contributed by atoms with Gasteiger partial charge in [-0.3, -0.25) is 0 Å². The minimum atomic E-state index is 0.851. The van der Waals surface area contributed by atoms with Gasteiger partial charge in [0.2, 0.25) is 0 Å². The first kappa shape index (κ1) is 8.02. The van der Waals surface area contributed by atoms with Crippen LogP contribution in [0.15, 0.2) is 0 Å². The van der Waals surface area contributed by atoms with Crippen LogP contribution in [0.2, 0.25) is 0 Å². The molecule has 2 nitrogen and oxygen atoms in total. The summed E-state index contributed by atoms with van der Waals surface area (Å²) >= 11 is 0. The summed E-state index contributed by atoms with van der Waals surface area (Å²) < 4.78 is 0. The molecular formula is C8H17N2. The fourth-order valence-electron chi connectivity index (χ4n) is 1.45. The average Bonchev–Trinajstić information content (AvgIpc) is 2.41. The molecule has 1 radical (unpaired) electrons. The molecule has 0 aromatic carbocycles. The highest BCUT2D eigenvalue weighted by Gasteiger charge is 2.13. The number of rotatable bonds is 4. The van der Waals surface area contributed by atoms with Crippen molar-refractivity contribution in [3.63, 3.8) is 0 Å². The van der Waals surface area contributed by atoms with Gasteiger partial charge in [-0.05, 0) is 31.7 Å². The Labute approximate surface area is 63.2 Å². The topological polar surface area (TPSA) is 40.1 Å². The molecule has 10 heavy (non-hydrogen) atoms. The van der Waals surface area contributed by atoms with E-state index in [2.05, 4.69) is 5.32 Å². The highest BCUT2D eigenvalue weighted by molar-refractivity contribution is 4.70. The molecule has 1 unspecified atom stereocenters. The highest BCUT2D eigenvalue weighted by atomic mass is 14.9. The number of nitrogens with zero attached hydrogens (tertiary/aromatic N) is 1. The Morgan fingerprint density at radius 1 is 1.40 bits per heavy atom. The predicted octanol–water partition coefficient (Wildman–Crippen LogP) is 0.740. The van der Waals surface area contributed by atoms with Gasteiger partial charge in [-0.25, -0.2) is 5.32 Å². The fraction of sp³-hybridized carbons (Fsp3) is 1.00. The first-order valence-corrected chi connectivity index (χ1v) is 4.27. The van der Waals surface area contributed by atoms with Crippen LogP contribution in [0.3, 0.4) is 0 Å². The van der Waals surface area contributed by atoms with Gasteiger partial charge in [-0.1, -0.05) is 6.42 Å². The van der Waals surface area contributed by atoms with Gasteiger partial charge >= 0.3 is 0 Å². The van der Waals surface area contributed by atoms with Crippen molar-refractivity contribution in [2.24, 2.45) is 11.7 Å². The van der Waals surface area contributed by atoms with E-state index in [-0.39, 0.29) is 0 Å². The van der Waals surface area contributed by atoms with Crippen LogP contribution in [-0.4, -0.2) is 19.6 Å². The minimum Gasteiger partial charge on any atom is -0.330 e. The molecule has 1 rings (SSSR count). The lowest BCUT2D eigenvalue weighted by molar-refractivity contribution is 0.499. The molecule has 0 amide bonds. The molecule has 1 heterocycles. The zero-order valence-corrected chi connectivity index (χ0v) is 6.55. The molecule has 2 heteroatoms. The molecule has 1 aliphatic heterocycles. The molecule has 2 N–H and O–H groups in total. The van der Waals surface area contributed by atoms with Crippen LogP contribution in [0.5, 0.6) is 0 Å². The van der Waals surface area contributed by atoms with Crippen molar-refractivity contribution in [1.29, 1.82) is 0 Å². The predicted molar refractivity (Wildman–Crippen MR) is 42.9 cm³/mol. The monoisotopic (exact) mass is 141 g/mol. The van der Waals surface area contributed by atoms with E-state index in [9.17, 15) is 0 Å². The molecule has 0 spiro atoms. The standard InChI is InChI=1S/C8H17N2/c9-5-2-1-3-8-4-6-10-7-8/h8H,1-7,9H2. The van der Waals surface area contributed by atoms with Gasteiger partial charge in [0.05, 0.1) is 0 Å². The van der Waals surface area contributed by atoms with Gasteiger partial charge in [0.1, 0.15) is 0 Å². The molecule has 1 saturated heterocycles. The van der Waals surface area contributed by atoms with Gasteiger partial charge in [0.15, 0.2) is 0 Å². The smallest absolute Gasteiger partial charge is 0.0162 e. The Morgan fingerprint density at radius 3 is 2.90 bits per heavy atom. The van der Waals surface area contributed by atoms with Crippen molar-refractivity contribution in [3.05, 3.63) is 0 Å². The minimum absolute atomic E-state index is 0.851. The third-order valence-electron chi connectivity index (χ3n) is 2.15. The Kier molecular flexibility index (Phi) is 3.76. The lowest BCUT2D eigenvalue weighted by Crippen LogP contribution is -2.04. The van der Waals surface area contributed by atoms with Crippen LogP contribution < -0.4 is 11.1 Å².